The van der Waals surface area contributed by atoms with Gasteiger partial charge in [0.15, 0.2) is 24.7 Å². The standard InChI is InChI=1S/C45H76O19/c1-19(18-58-40-37(55)34(52)31(49)27(15-46)60-40)7-12-45(57)20(2)30-26(64-45)14-25-23-6-5-21-13-22(8-10-43(21,3)24(23)9-11-44(25,30)4)59-42-39(36(54)33(51)29(17-48)62-42)63-41-38(56)35(53)32(50)28(16-47)61-41/h19-42,46-57H,5-18H2,1-4H3/t19-,20+,21-,22+,23-,24+,25+,26+,27-,28+,29+,30+,31+,32+,33+,34+,35+,36+,37-,38-,39+,40-,41+,42+,43+,44+,45-/m1/s1. The summed E-state index contributed by atoms with van der Waals surface area (Å²) in [5.74, 6) is 0.532. The predicted octanol–water partition coefficient (Wildman–Crippen LogP) is -1.78. The van der Waals surface area contributed by atoms with Gasteiger partial charge in [-0.3, -0.25) is 0 Å². The lowest BCUT2D eigenvalue weighted by atomic mass is 9.44. The van der Waals surface area contributed by atoms with Crippen LogP contribution in [0.25, 0.3) is 0 Å². The van der Waals surface area contributed by atoms with Crippen LogP contribution in [0.3, 0.4) is 0 Å². The van der Waals surface area contributed by atoms with Crippen LogP contribution < -0.4 is 0 Å². The molecule has 0 spiro atoms. The summed E-state index contributed by atoms with van der Waals surface area (Å²) >= 11 is 0. The Hall–Kier alpha value is -0.760. The zero-order chi connectivity index (χ0) is 46.2. The molecule has 8 rings (SSSR count). The number of fused-ring (bicyclic) bond motifs is 7. The van der Waals surface area contributed by atoms with Crippen molar-refractivity contribution < 1.29 is 94.4 Å². The number of hydrogen-bond acceptors (Lipinski definition) is 19. The maximum Gasteiger partial charge on any atom is 0.187 e. The van der Waals surface area contributed by atoms with E-state index in [1.807, 2.05) is 6.92 Å². The summed E-state index contributed by atoms with van der Waals surface area (Å²) in [6.45, 7) is 7.28. The van der Waals surface area contributed by atoms with E-state index in [9.17, 15) is 61.3 Å². The Morgan fingerprint density at radius 1 is 0.625 bits per heavy atom. The smallest absolute Gasteiger partial charge is 0.187 e. The van der Waals surface area contributed by atoms with Gasteiger partial charge in [0, 0.05) is 12.3 Å². The molecular formula is C45H76O19. The first-order valence-corrected chi connectivity index (χ1v) is 23.9. The minimum absolute atomic E-state index is 0.00000712. The van der Waals surface area contributed by atoms with Crippen LogP contribution in [0.2, 0.25) is 0 Å². The van der Waals surface area contributed by atoms with Crippen molar-refractivity contribution >= 4 is 0 Å². The number of rotatable bonds is 13. The van der Waals surface area contributed by atoms with Crippen molar-refractivity contribution in [3.63, 3.8) is 0 Å². The third-order valence-corrected chi connectivity index (χ3v) is 18.0. The molecule has 0 aromatic heterocycles. The summed E-state index contributed by atoms with van der Waals surface area (Å²) in [5.41, 5.74) is 0.0475. The third kappa shape index (κ3) is 8.65. The van der Waals surface area contributed by atoms with Crippen LogP contribution in [0.4, 0.5) is 0 Å². The van der Waals surface area contributed by atoms with Gasteiger partial charge < -0.3 is 94.4 Å². The number of hydrogen-bond donors (Lipinski definition) is 12. The predicted molar refractivity (Wildman–Crippen MR) is 219 cm³/mol. The van der Waals surface area contributed by atoms with Gasteiger partial charge >= 0.3 is 0 Å². The van der Waals surface area contributed by atoms with Crippen molar-refractivity contribution in [3.05, 3.63) is 0 Å². The average Bonchev–Trinajstić information content (AvgIpc) is 3.71. The zero-order valence-electron chi connectivity index (χ0n) is 37.5. The molecule has 4 saturated heterocycles. The number of aliphatic hydroxyl groups is 12. The molecule has 8 aliphatic rings. The van der Waals surface area contributed by atoms with E-state index in [0.29, 0.717) is 42.9 Å². The first-order chi connectivity index (χ1) is 30.3. The molecule has 19 nitrogen and oxygen atoms in total. The highest BCUT2D eigenvalue weighted by atomic mass is 16.8. The van der Waals surface area contributed by atoms with Gasteiger partial charge in [0.25, 0.3) is 0 Å². The maximum absolute atomic E-state index is 12.1. The lowest BCUT2D eigenvalue weighted by Gasteiger charge is -2.61. The average molecular weight is 921 g/mol. The van der Waals surface area contributed by atoms with Gasteiger partial charge in [-0.2, -0.15) is 0 Å². The quantitative estimate of drug-likeness (QED) is 0.0909. The van der Waals surface area contributed by atoms with E-state index >= 15 is 0 Å². The minimum atomic E-state index is -1.75. The molecule has 64 heavy (non-hydrogen) atoms. The Labute approximate surface area is 374 Å². The second-order valence-electron chi connectivity index (χ2n) is 21.5. The van der Waals surface area contributed by atoms with Gasteiger partial charge in [0.05, 0.1) is 38.6 Å². The van der Waals surface area contributed by atoms with Crippen molar-refractivity contribution in [2.45, 2.75) is 202 Å². The van der Waals surface area contributed by atoms with E-state index in [1.165, 1.54) is 0 Å². The molecule has 27 atom stereocenters. The number of aliphatic hydroxyl groups excluding tert-OH is 11. The minimum Gasteiger partial charge on any atom is -0.394 e. The van der Waals surface area contributed by atoms with Crippen molar-refractivity contribution in [3.8, 4) is 0 Å². The molecule has 12 N–H and O–H groups in total. The largest absolute Gasteiger partial charge is 0.394 e. The fourth-order valence-electron chi connectivity index (χ4n) is 14.2. The fraction of sp³-hybridized carbons (Fsp3) is 1.00. The van der Waals surface area contributed by atoms with E-state index in [1.54, 1.807) is 0 Å². The van der Waals surface area contributed by atoms with Crippen LogP contribution in [0.15, 0.2) is 0 Å². The van der Waals surface area contributed by atoms with E-state index in [4.69, 9.17) is 33.2 Å². The van der Waals surface area contributed by atoms with Crippen molar-refractivity contribution in [1.82, 2.24) is 0 Å². The molecule has 8 fully saturated rings. The molecule has 0 amide bonds. The molecule has 4 aliphatic heterocycles. The van der Waals surface area contributed by atoms with Crippen molar-refractivity contribution in [2.24, 2.45) is 52.3 Å². The summed E-state index contributed by atoms with van der Waals surface area (Å²) in [6.07, 6.45) is -13.7. The van der Waals surface area contributed by atoms with E-state index in [2.05, 4.69) is 20.8 Å². The van der Waals surface area contributed by atoms with Gasteiger partial charge in [-0.1, -0.05) is 27.7 Å². The highest BCUT2D eigenvalue weighted by molar-refractivity contribution is 5.15. The second kappa shape index (κ2) is 19.2. The summed E-state index contributed by atoms with van der Waals surface area (Å²) in [5, 5.41) is 125. The monoisotopic (exact) mass is 920 g/mol. The molecule has 0 unspecified atom stereocenters. The maximum atomic E-state index is 12.1. The molecule has 4 heterocycles. The Morgan fingerprint density at radius 3 is 1.84 bits per heavy atom. The van der Waals surface area contributed by atoms with E-state index in [-0.39, 0.29) is 47.4 Å². The highest BCUT2D eigenvalue weighted by Gasteiger charge is 2.68. The molecule has 4 saturated carbocycles. The molecule has 0 bridgehead atoms. The van der Waals surface area contributed by atoms with Gasteiger partial charge in [-0.15, -0.1) is 0 Å². The summed E-state index contributed by atoms with van der Waals surface area (Å²) in [4.78, 5) is 0. The van der Waals surface area contributed by atoms with Gasteiger partial charge in [0.2, 0.25) is 0 Å². The Kier molecular flexibility index (Phi) is 14.9. The topological polar surface area (TPSA) is 307 Å². The van der Waals surface area contributed by atoms with Gasteiger partial charge in [-0.25, -0.2) is 0 Å². The van der Waals surface area contributed by atoms with Crippen molar-refractivity contribution in [2.75, 3.05) is 26.4 Å². The van der Waals surface area contributed by atoms with Crippen molar-refractivity contribution in [1.29, 1.82) is 0 Å². The van der Waals surface area contributed by atoms with Gasteiger partial charge in [-0.05, 0) is 104 Å². The molecule has 4 aliphatic carbocycles. The molecule has 0 radical (unpaired) electrons. The van der Waals surface area contributed by atoms with Crippen LogP contribution >= 0.6 is 0 Å². The zero-order valence-corrected chi connectivity index (χ0v) is 37.5. The molecule has 0 aromatic rings. The summed E-state index contributed by atoms with van der Waals surface area (Å²) < 4.78 is 42.0. The summed E-state index contributed by atoms with van der Waals surface area (Å²) in [6, 6.07) is 0. The molecule has 0 aromatic carbocycles. The van der Waals surface area contributed by atoms with Crippen LogP contribution in [0.5, 0.6) is 0 Å². The van der Waals surface area contributed by atoms with Crippen LogP contribution in [-0.2, 0) is 33.2 Å². The Morgan fingerprint density at radius 2 is 1.20 bits per heavy atom. The van der Waals surface area contributed by atoms with E-state index < -0.39 is 118 Å². The lowest BCUT2D eigenvalue weighted by molar-refractivity contribution is -0.373. The Bertz CT molecular complexity index is 1560. The summed E-state index contributed by atoms with van der Waals surface area (Å²) in [7, 11) is 0. The number of ether oxygens (including phenoxy) is 7. The Balaban J connectivity index is 0.869. The first-order valence-electron chi connectivity index (χ1n) is 23.9. The van der Waals surface area contributed by atoms with Crippen LogP contribution in [-0.4, -0.2) is 198 Å². The SMILES string of the molecule is C[C@H](CC[C@@]1(O)O[C@H]2C[C@H]3[C@@H]4CC[C@@H]5C[C@@H](O[C@H]6O[C@@H](CO)[C@H](O)[C@H](O)[C@@H]6O[C@@H]6O[C@@H](CO)[C@H](O)[C@H](O)[C@H]6O)CC[C@]5(C)[C@H]4CC[C@]3(C)[C@H]2[C@@H]1C)CO[C@@H]1O[C@H](CO)[C@H](O)[C@H](O)[C@H]1O. The normalized spacial score (nSPS) is 55.6. The molecular weight excluding hydrogens is 844 g/mol. The lowest BCUT2D eigenvalue weighted by Crippen LogP contribution is -2.65. The third-order valence-electron chi connectivity index (χ3n) is 18.0. The fourth-order valence-corrected chi connectivity index (χ4v) is 14.2. The van der Waals surface area contributed by atoms with Crippen LogP contribution in [0, 0.1) is 52.3 Å². The molecule has 370 valence electrons. The first kappa shape index (κ1) is 49.7. The second-order valence-corrected chi connectivity index (χ2v) is 21.5. The van der Waals surface area contributed by atoms with E-state index in [0.717, 1.165) is 44.9 Å². The molecule has 19 heteroatoms. The van der Waals surface area contributed by atoms with Crippen LogP contribution in [0.1, 0.15) is 91.9 Å². The highest BCUT2D eigenvalue weighted by Crippen LogP contribution is 2.71. The van der Waals surface area contributed by atoms with Gasteiger partial charge in [0.1, 0.15) is 73.2 Å².